The third kappa shape index (κ3) is 25.0. The van der Waals surface area contributed by atoms with Crippen molar-refractivity contribution < 1.29 is 135 Å². The van der Waals surface area contributed by atoms with Crippen LogP contribution in [0.15, 0.2) is 102 Å². The molecule has 0 radical (unpaired) electrons. The van der Waals surface area contributed by atoms with Crippen molar-refractivity contribution in [3.63, 3.8) is 0 Å². The van der Waals surface area contributed by atoms with E-state index in [1.807, 2.05) is 20.8 Å². The molecule has 13 rings (SSSR count). The summed E-state index contributed by atoms with van der Waals surface area (Å²) in [6.45, 7) is 11.0. The fourth-order valence-corrected chi connectivity index (χ4v) is 18.1. The number of primary amides is 1. The molecule has 2 saturated heterocycles. The number of Topliss-reactive ketones (excluding diaryl/α,β-unsaturated/α-hetero) is 2. The van der Waals surface area contributed by atoms with E-state index in [1.54, 1.807) is 6.92 Å². The first kappa shape index (κ1) is 102. The van der Waals surface area contributed by atoms with E-state index >= 15 is 24.0 Å². The SMILES string of the molecule is CCCCCCCCNC(=O)Oc1cc2c(c(O)c1CNCCNS(=O)(=O)c1ccc(OCCCCC)cc1)-c1cc(ccc1O)[C@H]1CC(=O)[C@@H]3NC(=O)[C@H](CC(N)=O)CC(=O)[C@H](NC(=O)[C@H](CC)CC(C)C)[C@H](O)c4ccc(c(Cl)c4)Oc4cc3cc(c4O[C@@H]3O[C@H](CO)[C@@H](O)[C@H](O)[C@H]3O[C@H]3C[C@](C)(N)[C@H](O)[C@H](C)O3)Oc3ccc(cc3Cl)[C@@H](O)[C@H](NC1=O)C(=O)N[C@@H]2C(=O)O. The fraction of sp³-hybridized carbons (Fsp3) is 0.511. The summed E-state index contributed by atoms with van der Waals surface area (Å²) in [6.07, 6.45) is -14.0. The number of aromatic hydroxyl groups is 2. The van der Waals surface area contributed by atoms with E-state index in [-0.39, 0.29) is 76.3 Å². The van der Waals surface area contributed by atoms with Crippen LogP contribution in [0.25, 0.3) is 11.1 Å². The van der Waals surface area contributed by atoms with Crippen LogP contribution < -0.4 is 71.8 Å². The Hall–Kier alpha value is -10.4. The maximum Gasteiger partial charge on any atom is 0.412 e. The molecule has 6 aromatic carbocycles. The highest BCUT2D eigenvalue weighted by atomic mass is 35.5. The van der Waals surface area contributed by atoms with Crippen LogP contribution in [0.1, 0.15) is 208 Å². The van der Waals surface area contributed by atoms with Gasteiger partial charge in [0, 0.05) is 80.0 Å². The van der Waals surface area contributed by atoms with Crippen LogP contribution in [0.3, 0.4) is 0 Å². The number of ether oxygens (including phenoxy) is 8. The summed E-state index contributed by atoms with van der Waals surface area (Å²) < 4.78 is 80.5. The molecule has 20 N–H and O–H groups in total. The topological polar surface area (TPSA) is 580 Å². The first-order valence-corrected chi connectivity index (χ1v) is 46.4. The maximum atomic E-state index is 16.7. The Labute approximate surface area is 773 Å². The smallest absolute Gasteiger partial charge is 0.412 e. The third-order valence-electron chi connectivity index (χ3n) is 23.9. The van der Waals surface area contributed by atoms with Crippen LogP contribution in [0.4, 0.5) is 4.79 Å². The number of carbonyl (C=O) groups excluding carboxylic acids is 8. The Morgan fingerprint density at radius 1 is 0.705 bits per heavy atom. The number of nitrogens with two attached hydrogens (primary N) is 2. The summed E-state index contributed by atoms with van der Waals surface area (Å²) in [7, 11) is -4.19. The standard InChI is InChI=1S/C92H117Cl2N9O28S/c1-8-11-13-14-15-16-28-98-91(121)129-66-41-57-72(79(111)58(66)43-97-29-30-99-132(122,123)54-23-21-53(22-24-54)124-31-17-12-9-2)56-33-48(18-25-61(56)105)55-40-63(107)73-51-37-67(126-64-26-19-49(34-59(64)93)77(109)75(102-85(115)47(10-3)32-45(4)5)62(106)36-52(39-70(95)108)86(116)100-73)82(131-90-83(81(113)80(112)69(44-104)128-90)130-71-42-92(7,96)84(114)46(6)125-71)68(38-51)127-65-27-20-50(35-60(65)94)78(110)76(103-87(55)117)88(118)101-74(57)89(119)120/h18-27,33-35,37-38,41,45-47,52,55,69,71,73-78,80-81,83-84,90,97,99,104-105,109-114H,8-17,28-32,36,39-40,42-44,96H2,1-7H3,(H2,95,108)(H,98,121)(H,100,116)(H,101,118)(H,102,115)(H,103,117)(H,119,120)/t46-,47+,52-,55+,69+,71-,73+,74-,75-,76-,77+,78+,80+,81-,83+,84+,90-,92-/m0/s1. The van der Waals surface area contributed by atoms with Crippen molar-refractivity contribution >= 4 is 86.4 Å². The van der Waals surface area contributed by atoms with Crippen LogP contribution in [0.5, 0.6) is 51.7 Å². The van der Waals surface area contributed by atoms with Gasteiger partial charge in [-0.1, -0.05) is 121 Å². The highest BCUT2D eigenvalue weighted by molar-refractivity contribution is 7.89. The summed E-state index contributed by atoms with van der Waals surface area (Å²) in [5.41, 5.74) is 7.75. The van der Waals surface area contributed by atoms with Gasteiger partial charge in [-0.05, 0) is 147 Å². The molecule has 11 bridgehead atoms. The molecule has 40 heteroatoms. The number of ketones is 2. The zero-order chi connectivity index (χ0) is 95.9. The molecule has 0 spiro atoms. The number of halogens is 2. The Morgan fingerprint density at radius 2 is 1.35 bits per heavy atom. The molecule has 718 valence electrons. The zero-order valence-corrected chi connectivity index (χ0v) is 76.4. The minimum Gasteiger partial charge on any atom is -0.507 e. The minimum atomic E-state index is -4.19. The molecule has 18 atom stereocenters. The quantitative estimate of drug-likeness (QED) is 0.0174. The molecule has 6 amide bonds. The third-order valence-corrected chi connectivity index (χ3v) is 26.0. The van der Waals surface area contributed by atoms with E-state index in [2.05, 4.69) is 43.5 Å². The van der Waals surface area contributed by atoms with Crippen LogP contribution in [-0.4, -0.2) is 207 Å². The maximum absolute atomic E-state index is 16.7. The number of aliphatic hydroxyl groups is 6. The predicted octanol–water partition coefficient (Wildman–Crippen LogP) is 7.90. The van der Waals surface area contributed by atoms with Gasteiger partial charge in [-0.3, -0.25) is 33.6 Å². The summed E-state index contributed by atoms with van der Waals surface area (Å²) in [6, 6.07) is 10.1. The van der Waals surface area contributed by atoms with Crippen molar-refractivity contribution in [1.82, 2.24) is 36.6 Å². The summed E-state index contributed by atoms with van der Waals surface area (Å²) in [5.74, 6) is -19.4. The number of aliphatic carboxylic acids is 1. The van der Waals surface area contributed by atoms with Gasteiger partial charge in [-0.2, -0.15) is 0 Å². The number of rotatable bonds is 33. The van der Waals surface area contributed by atoms with Crippen molar-refractivity contribution in [1.29, 1.82) is 0 Å². The molecule has 6 aromatic rings. The lowest BCUT2D eigenvalue weighted by atomic mass is 9.84. The highest BCUT2D eigenvalue weighted by Crippen LogP contribution is 2.52. The van der Waals surface area contributed by atoms with E-state index in [9.17, 15) is 73.6 Å². The molecular weight excluding hydrogens is 1780 g/mol. The highest BCUT2D eigenvalue weighted by Gasteiger charge is 2.52. The van der Waals surface area contributed by atoms with Crippen molar-refractivity contribution in [3.05, 3.63) is 140 Å². The van der Waals surface area contributed by atoms with E-state index in [1.165, 1.54) is 56.3 Å². The number of carboxylic acid groups (broad SMARTS) is 1. The second-order valence-corrected chi connectivity index (χ2v) is 37.1. The van der Waals surface area contributed by atoms with Gasteiger partial charge in [-0.15, -0.1) is 0 Å². The number of nitrogens with one attached hydrogen (secondary N) is 7. The largest absolute Gasteiger partial charge is 0.507 e. The van der Waals surface area contributed by atoms with Crippen LogP contribution >= 0.6 is 23.2 Å². The van der Waals surface area contributed by atoms with Gasteiger partial charge >= 0.3 is 12.1 Å². The Kier molecular flexibility index (Phi) is 35.2. The second-order valence-electron chi connectivity index (χ2n) is 34.5. The number of amides is 6. The van der Waals surface area contributed by atoms with Crippen LogP contribution in [-0.2, 0) is 69.1 Å². The minimum absolute atomic E-state index is 0.0481. The number of phenolic OH excluding ortho intramolecular Hbond substituents is 2. The number of hydrogen-bond donors (Lipinski definition) is 18. The van der Waals surface area contributed by atoms with Crippen molar-refractivity contribution in [3.8, 4) is 62.9 Å². The normalized spacial score (nSPS) is 25.4. The number of phenols is 2. The molecule has 37 nitrogen and oxygen atoms in total. The fourth-order valence-electron chi connectivity index (χ4n) is 16.6. The van der Waals surface area contributed by atoms with Crippen molar-refractivity contribution in [2.24, 2.45) is 29.2 Å². The lowest BCUT2D eigenvalue weighted by molar-refractivity contribution is -0.333. The number of fused-ring (bicyclic) bond motifs is 15. The Morgan fingerprint density at radius 3 is 1.97 bits per heavy atom. The molecule has 7 aliphatic rings. The zero-order valence-electron chi connectivity index (χ0n) is 74.1. The lowest BCUT2D eigenvalue weighted by Gasteiger charge is -2.47. The number of carbonyl (C=O) groups is 9. The van der Waals surface area contributed by atoms with Gasteiger partial charge in [0.15, 0.2) is 41.5 Å². The first-order chi connectivity index (χ1) is 62.7. The number of benzene rings is 6. The van der Waals surface area contributed by atoms with E-state index in [0.29, 0.717) is 31.6 Å². The van der Waals surface area contributed by atoms with Crippen LogP contribution in [0, 0.1) is 17.8 Å². The van der Waals surface area contributed by atoms with Gasteiger partial charge in [0.1, 0.15) is 83.1 Å². The average Bonchev–Trinajstić information content (AvgIpc) is 0.753. The van der Waals surface area contributed by atoms with Crippen molar-refractivity contribution in [2.45, 2.75) is 253 Å². The molecular formula is C92H117Cl2N9O28S. The molecule has 7 heterocycles. The number of sulfonamides is 1. The Balaban J connectivity index is 1.11. The number of unbranched alkanes of at least 4 members (excludes halogenated alkanes) is 7. The number of hydrogen-bond acceptors (Lipinski definition) is 29. The van der Waals surface area contributed by atoms with Gasteiger partial charge in [0.2, 0.25) is 51.6 Å². The molecule has 0 aromatic heterocycles. The van der Waals surface area contributed by atoms with Crippen molar-refractivity contribution in [2.75, 3.05) is 32.8 Å². The predicted molar refractivity (Wildman–Crippen MR) is 477 cm³/mol. The van der Waals surface area contributed by atoms with Gasteiger partial charge < -0.3 is 127 Å². The lowest BCUT2D eigenvalue weighted by Crippen LogP contribution is -2.64. The van der Waals surface area contributed by atoms with E-state index < -0.39 is 272 Å². The summed E-state index contributed by atoms with van der Waals surface area (Å²) in [4.78, 5) is 136. The molecule has 0 unspecified atom stereocenters. The monoisotopic (exact) mass is 1900 g/mol. The molecule has 0 saturated carbocycles. The molecule has 132 heavy (non-hydrogen) atoms. The summed E-state index contributed by atoms with van der Waals surface area (Å²) >= 11 is 14.4. The molecule has 2 fully saturated rings. The number of aliphatic hydroxyl groups excluding tert-OH is 6. The van der Waals surface area contributed by atoms with Gasteiger partial charge in [-0.25, -0.2) is 22.7 Å². The van der Waals surface area contributed by atoms with Gasteiger partial charge in [0.05, 0.1) is 57.8 Å². The summed E-state index contributed by atoms with van der Waals surface area (Å²) in [5, 5.41) is 123. The average molecular weight is 1900 g/mol. The molecule has 7 aliphatic heterocycles. The second kappa shape index (κ2) is 45.6. The van der Waals surface area contributed by atoms with E-state index in [4.69, 9.17) is 72.6 Å². The Bertz CT molecular complexity index is 5280. The van der Waals surface area contributed by atoms with Gasteiger partial charge in [0.25, 0.3) is 0 Å². The van der Waals surface area contributed by atoms with Crippen LogP contribution in [0.2, 0.25) is 10.0 Å². The molecule has 0 aliphatic carbocycles. The first-order valence-electron chi connectivity index (χ1n) is 44.2. The number of carboxylic acids is 1. The van der Waals surface area contributed by atoms with E-state index in [0.717, 1.165) is 99.5 Å².